The van der Waals surface area contributed by atoms with E-state index in [2.05, 4.69) is 48.3 Å². The van der Waals surface area contributed by atoms with Gasteiger partial charge in [-0.15, -0.1) is 0 Å². The number of hydrogen-bond donors (Lipinski definition) is 0. The molecule has 1 nitrogen and oxygen atoms in total. The Kier molecular flexibility index (Phi) is 2.81. The van der Waals surface area contributed by atoms with Crippen molar-refractivity contribution in [3.63, 3.8) is 0 Å². The Balaban J connectivity index is 2.15. The molecule has 2 aromatic carbocycles. The number of pyridine rings is 1. The average molecular weight is 233 g/mol. The zero-order valence-corrected chi connectivity index (χ0v) is 10.4. The molecule has 1 heteroatoms. The summed E-state index contributed by atoms with van der Waals surface area (Å²) >= 11 is 0. The molecule has 0 unspecified atom stereocenters. The molecule has 0 aliphatic heterocycles. The lowest BCUT2D eigenvalue weighted by Gasteiger charge is -2.04. The zero-order valence-electron chi connectivity index (χ0n) is 10.4. The second-order valence-corrected chi connectivity index (χ2v) is 4.47. The van der Waals surface area contributed by atoms with Crippen LogP contribution in [0.25, 0.3) is 22.0 Å². The van der Waals surface area contributed by atoms with Gasteiger partial charge in [-0.25, -0.2) is 0 Å². The Morgan fingerprint density at radius 1 is 0.889 bits per heavy atom. The molecule has 0 fully saturated rings. The van der Waals surface area contributed by atoms with Crippen molar-refractivity contribution in [3.8, 4) is 11.3 Å². The number of aryl methyl sites for hydroxylation is 1. The summed E-state index contributed by atoms with van der Waals surface area (Å²) in [5.41, 5.74) is 3.57. The lowest BCUT2D eigenvalue weighted by molar-refractivity contribution is 1.15. The fourth-order valence-electron chi connectivity index (χ4n) is 2.18. The Labute approximate surface area is 107 Å². The van der Waals surface area contributed by atoms with Gasteiger partial charge in [0.25, 0.3) is 0 Å². The minimum absolute atomic E-state index is 1.04. The maximum atomic E-state index is 4.53. The van der Waals surface area contributed by atoms with Crippen LogP contribution >= 0.6 is 0 Å². The van der Waals surface area contributed by atoms with E-state index in [-0.39, 0.29) is 0 Å². The van der Waals surface area contributed by atoms with E-state index >= 15 is 0 Å². The van der Waals surface area contributed by atoms with E-state index in [9.17, 15) is 0 Å². The fourth-order valence-corrected chi connectivity index (χ4v) is 2.18. The van der Waals surface area contributed by atoms with Crippen LogP contribution in [0.2, 0.25) is 0 Å². The van der Waals surface area contributed by atoms with Gasteiger partial charge >= 0.3 is 0 Å². The van der Waals surface area contributed by atoms with E-state index in [4.69, 9.17) is 0 Å². The molecule has 18 heavy (non-hydrogen) atoms. The maximum Gasteiger partial charge on any atom is 0.0708 e. The molecule has 1 aromatic heterocycles. The van der Waals surface area contributed by atoms with E-state index < -0.39 is 0 Å². The first kappa shape index (κ1) is 11.0. The third-order valence-corrected chi connectivity index (χ3v) is 3.26. The van der Waals surface area contributed by atoms with E-state index in [1.165, 1.54) is 21.9 Å². The van der Waals surface area contributed by atoms with Crippen LogP contribution in [-0.2, 0) is 6.42 Å². The van der Waals surface area contributed by atoms with E-state index in [1.54, 1.807) is 0 Å². The minimum atomic E-state index is 1.04. The van der Waals surface area contributed by atoms with Gasteiger partial charge in [0.05, 0.1) is 5.69 Å². The van der Waals surface area contributed by atoms with Gasteiger partial charge < -0.3 is 0 Å². The summed E-state index contributed by atoms with van der Waals surface area (Å²) in [5.74, 6) is 0. The predicted octanol–water partition coefficient (Wildman–Crippen LogP) is 4.46. The molecule has 0 bridgehead atoms. The number of rotatable bonds is 2. The van der Waals surface area contributed by atoms with Crippen LogP contribution in [0.1, 0.15) is 12.5 Å². The molecular formula is C17H15N. The molecule has 0 amide bonds. The Morgan fingerprint density at radius 3 is 2.50 bits per heavy atom. The van der Waals surface area contributed by atoms with Crippen molar-refractivity contribution < 1.29 is 0 Å². The van der Waals surface area contributed by atoms with Gasteiger partial charge in [-0.05, 0) is 23.4 Å². The summed E-state index contributed by atoms with van der Waals surface area (Å²) < 4.78 is 0. The lowest BCUT2D eigenvalue weighted by Crippen LogP contribution is -1.85. The van der Waals surface area contributed by atoms with Crippen molar-refractivity contribution in [2.45, 2.75) is 13.3 Å². The highest BCUT2D eigenvalue weighted by atomic mass is 14.7. The summed E-state index contributed by atoms with van der Waals surface area (Å²) in [4.78, 5) is 4.53. The standard InChI is InChI=1S/C17H15N/c1-2-13-8-9-15-12-18-17(11-16(15)10-13)14-6-4-3-5-7-14/h3-12H,2H2,1H3. The van der Waals surface area contributed by atoms with Gasteiger partial charge in [-0.3, -0.25) is 4.98 Å². The fraction of sp³-hybridized carbons (Fsp3) is 0.118. The summed E-state index contributed by atoms with van der Waals surface area (Å²) in [6.45, 7) is 2.18. The van der Waals surface area contributed by atoms with Crippen LogP contribution in [0.15, 0.2) is 60.8 Å². The van der Waals surface area contributed by atoms with Crippen molar-refractivity contribution in [1.82, 2.24) is 4.98 Å². The maximum absolute atomic E-state index is 4.53. The molecule has 88 valence electrons. The smallest absolute Gasteiger partial charge is 0.0708 e. The first-order valence-electron chi connectivity index (χ1n) is 6.31. The molecule has 1 heterocycles. The SMILES string of the molecule is CCc1ccc2cnc(-c3ccccc3)cc2c1. The number of nitrogens with zero attached hydrogens (tertiary/aromatic N) is 1. The first-order chi connectivity index (χ1) is 8.86. The summed E-state index contributed by atoms with van der Waals surface area (Å²) in [6.07, 6.45) is 3.02. The molecule has 0 spiro atoms. The molecule has 3 aromatic rings. The van der Waals surface area contributed by atoms with Crippen molar-refractivity contribution in [2.75, 3.05) is 0 Å². The lowest BCUT2D eigenvalue weighted by atomic mass is 10.0. The quantitative estimate of drug-likeness (QED) is 0.636. The van der Waals surface area contributed by atoms with E-state index in [0.717, 1.165) is 12.1 Å². The van der Waals surface area contributed by atoms with Gasteiger partial charge in [-0.2, -0.15) is 0 Å². The van der Waals surface area contributed by atoms with Gasteiger partial charge in [-0.1, -0.05) is 55.5 Å². The van der Waals surface area contributed by atoms with E-state index in [0.29, 0.717) is 0 Å². The van der Waals surface area contributed by atoms with Gasteiger partial charge in [0.2, 0.25) is 0 Å². The van der Waals surface area contributed by atoms with Crippen molar-refractivity contribution in [1.29, 1.82) is 0 Å². The van der Waals surface area contributed by atoms with Gasteiger partial charge in [0, 0.05) is 17.1 Å². The van der Waals surface area contributed by atoms with Crippen molar-refractivity contribution in [2.24, 2.45) is 0 Å². The molecule has 0 aliphatic rings. The largest absolute Gasteiger partial charge is 0.256 e. The topological polar surface area (TPSA) is 12.9 Å². The highest BCUT2D eigenvalue weighted by Gasteiger charge is 2.01. The molecule has 0 saturated heterocycles. The molecular weight excluding hydrogens is 218 g/mol. The van der Waals surface area contributed by atoms with E-state index in [1.807, 2.05) is 24.4 Å². The number of fused-ring (bicyclic) bond motifs is 1. The summed E-state index contributed by atoms with van der Waals surface area (Å²) in [5, 5.41) is 2.47. The first-order valence-corrected chi connectivity index (χ1v) is 6.31. The molecule has 0 N–H and O–H groups in total. The summed E-state index contributed by atoms with van der Waals surface area (Å²) in [6, 6.07) is 19.1. The predicted molar refractivity (Wildman–Crippen MR) is 76.6 cm³/mol. The molecule has 3 rings (SSSR count). The monoisotopic (exact) mass is 233 g/mol. The van der Waals surface area contributed by atoms with Crippen LogP contribution < -0.4 is 0 Å². The molecule has 0 aliphatic carbocycles. The van der Waals surface area contributed by atoms with Crippen LogP contribution in [0.4, 0.5) is 0 Å². The Morgan fingerprint density at radius 2 is 1.72 bits per heavy atom. The number of hydrogen-bond acceptors (Lipinski definition) is 1. The van der Waals surface area contributed by atoms with Crippen LogP contribution in [0, 0.1) is 0 Å². The highest BCUT2D eigenvalue weighted by molar-refractivity contribution is 5.85. The third kappa shape index (κ3) is 2.00. The zero-order chi connectivity index (χ0) is 12.4. The van der Waals surface area contributed by atoms with Crippen LogP contribution in [-0.4, -0.2) is 4.98 Å². The van der Waals surface area contributed by atoms with Crippen molar-refractivity contribution in [3.05, 3.63) is 66.4 Å². The summed E-state index contributed by atoms with van der Waals surface area (Å²) in [7, 11) is 0. The second kappa shape index (κ2) is 4.61. The second-order valence-electron chi connectivity index (χ2n) is 4.47. The normalized spacial score (nSPS) is 10.7. The van der Waals surface area contributed by atoms with Gasteiger partial charge in [0.1, 0.15) is 0 Å². The third-order valence-electron chi connectivity index (χ3n) is 3.26. The highest BCUT2D eigenvalue weighted by Crippen LogP contribution is 2.22. The van der Waals surface area contributed by atoms with Crippen molar-refractivity contribution >= 4 is 10.8 Å². The molecule has 0 radical (unpaired) electrons. The van der Waals surface area contributed by atoms with Crippen LogP contribution in [0.5, 0.6) is 0 Å². The van der Waals surface area contributed by atoms with Crippen LogP contribution in [0.3, 0.4) is 0 Å². The Bertz CT molecular complexity index is 672. The number of aromatic nitrogens is 1. The van der Waals surface area contributed by atoms with Gasteiger partial charge in [0.15, 0.2) is 0 Å². The minimum Gasteiger partial charge on any atom is -0.256 e. The Hall–Kier alpha value is -2.15. The average Bonchev–Trinajstić information content (AvgIpc) is 2.47. The molecule has 0 atom stereocenters. The number of benzene rings is 2. The molecule has 0 saturated carbocycles.